The van der Waals surface area contributed by atoms with Crippen LogP contribution in [-0.4, -0.2) is 9.13 Å². The fraction of sp³-hybridized carbons (Fsp3) is 0.122. The van der Waals surface area contributed by atoms with E-state index in [4.69, 9.17) is 0 Å². The van der Waals surface area contributed by atoms with Crippen LogP contribution in [0.25, 0.3) is 72.1 Å². The lowest BCUT2D eigenvalue weighted by Gasteiger charge is -2.23. The van der Waals surface area contributed by atoms with Gasteiger partial charge >= 0.3 is 0 Å². The van der Waals surface area contributed by atoms with Gasteiger partial charge in [-0.05, 0) is 77.6 Å². The Morgan fingerprint density at radius 1 is 0.628 bits per heavy atom. The van der Waals surface area contributed by atoms with Gasteiger partial charge < -0.3 is 9.13 Å². The second kappa shape index (κ2) is 9.47. The van der Waals surface area contributed by atoms with Gasteiger partial charge in [-0.1, -0.05) is 104 Å². The van der Waals surface area contributed by atoms with Crippen LogP contribution in [0.15, 0.2) is 127 Å². The largest absolute Gasteiger partial charge is 0.316 e. The van der Waals surface area contributed by atoms with E-state index in [1.165, 1.54) is 77.2 Å². The molecule has 7 aromatic rings. The van der Waals surface area contributed by atoms with Crippen LogP contribution in [0, 0.1) is 5.92 Å². The fourth-order valence-electron chi connectivity index (χ4n) is 7.47. The highest BCUT2D eigenvalue weighted by Gasteiger charge is 2.23. The van der Waals surface area contributed by atoms with E-state index in [0.29, 0.717) is 5.92 Å². The Morgan fingerprint density at radius 2 is 1.37 bits per heavy atom. The van der Waals surface area contributed by atoms with Crippen molar-refractivity contribution in [3.05, 3.63) is 139 Å². The number of aromatic nitrogens is 2. The lowest BCUT2D eigenvalue weighted by atomic mass is 9.97. The highest BCUT2D eigenvalue weighted by Crippen LogP contribution is 2.40. The Kier molecular flexibility index (Phi) is 5.40. The van der Waals surface area contributed by atoms with Crippen molar-refractivity contribution < 1.29 is 0 Å². The summed E-state index contributed by atoms with van der Waals surface area (Å²) in [5.74, 6) is 0.494. The average molecular weight is 553 g/mol. The topological polar surface area (TPSA) is 9.86 Å². The minimum atomic E-state index is 0.494. The highest BCUT2D eigenvalue weighted by atomic mass is 15.0. The second-order valence-corrected chi connectivity index (χ2v) is 12.1. The van der Waals surface area contributed by atoms with Gasteiger partial charge in [-0.15, -0.1) is 0 Å². The van der Waals surface area contributed by atoms with Crippen LogP contribution in [0.3, 0.4) is 0 Å². The summed E-state index contributed by atoms with van der Waals surface area (Å²) in [5.41, 5.74) is 11.7. The molecular formula is C41H32N2. The molecule has 2 heterocycles. The van der Waals surface area contributed by atoms with E-state index in [2.05, 4.69) is 150 Å². The number of fused-ring (bicyclic) bond motifs is 7. The number of para-hydroxylation sites is 1. The molecule has 5 aromatic carbocycles. The lowest BCUT2D eigenvalue weighted by Crippen LogP contribution is -2.11. The van der Waals surface area contributed by atoms with Crippen molar-refractivity contribution >= 4 is 55.3 Å². The maximum atomic E-state index is 2.58. The summed E-state index contributed by atoms with van der Waals surface area (Å²) >= 11 is 0. The Morgan fingerprint density at radius 3 is 2.23 bits per heavy atom. The number of benzene rings is 5. The first-order valence-corrected chi connectivity index (χ1v) is 15.5. The van der Waals surface area contributed by atoms with Gasteiger partial charge in [0.05, 0.1) is 16.6 Å². The van der Waals surface area contributed by atoms with E-state index >= 15 is 0 Å². The van der Waals surface area contributed by atoms with E-state index in [0.717, 1.165) is 19.3 Å². The average Bonchev–Trinajstić information content (AvgIpc) is 3.57. The third kappa shape index (κ3) is 3.73. The minimum Gasteiger partial charge on any atom is -0.316 e. The molecule has 43 heavy (non-hydrogen) atoms. The van der Waals surface area contributed by atoms with Gasteiger partial charge in [0.2, 0.25) is 0 Å². The summed E-state index contributed by atoms with van der Waals surface area (Å²) in [5, 5.41) is 6.44. The van der Waals surface area contributed by atoms with E-state index in [1.54, 1.807) is 0 Å². The SMILES string of the molecule is C[C@@H]1CC=CC=C1n1c2c(c3ccc(-c4ccc5c6ccccc6n(-c6ccc7ccccc7c6)c5c4)cc31)C=CCC2. The maximum absolute atomic E-state index is 2.58. The fourth-order valence-corrected chi connectivity index (χ4v) is 7.47. The zero-order chi connectivity index (χ0) is 28.5. The van der Waals surface area contributed by atoms with Crippen molar-refractivity contribution in [3.63, 3.8) is 0 Å². The van der Waals surface area contributed by atoms with Gasteiger partial charge in [-0.2, -0.15) is 0 Å². The van der Waals surface area contributed by atoms with Crippen LogP contribution in [0.2, 0.25) is 0 Å². The van der Waals surface area contributed by atoms with Gasteiger partial charge in [-0.3, -0.25) is 0 Å². The first-order valence-electron chi connectivity index (χ1n) is 15.5. The van der Waals surface area contributed by atoms with Gasteiger partial charge in [0, 0.05) is 44.7 Å². The summed E-state index contributed by atoms with van der Waals surface area (Å²) in [6, 6.07) is 38.3. The molecule has 0 bridgehead atoms. The predicted molar refractivity (Wildman–Crippen MR) is 184 cm³/mol. The third-order valence-corrected chi connectivity index (χ3v) is 9.60. The molecule has 2 aliphatic carbocycles. The van der Waals surface area contributed by atoms with Gasteiger partial charge in [-0.25, -0.2) is 0 Å². The molecule has 0 fully saturated rings. The molecule has 0 spiro atoms. The molecule has 0 saturated carbocycles. The second-order valence-electron chi connectivity index (χ2n) is 12.1. The Hall–Kier alpha value is -5.08. The molecule has 0 N–H and O–H groups in total. The molecule has 2 heteroatoms. The number of rotatable bonds is 3. The van der Waals surface area contributed by atoms with Crippen molar-refractivity contribution in [2.24, 2.45) is 5.92 Å². The molecule has 0 radical (unpaired) electrons. The minimum absolute atomic E-state index is 0.494. The number of allylic oxidation sites excluding steroid dienone is 5. The van der Waals surface area contributed by atoms with E-state index < -0.39 is 0 Å². The molecule has 2 aliphatic rings. The Labute approximate surface area is 251 Å². The van der Waals surface area contributed by atoms with Crippen molar-refractivity contribution in [1.29, 1.82) is 0 Å². The van der Waals surface area contributed by atoms with Crippen molar-refractivity contribution in [2.75, 3.05) is 0 Å². The maximum Gasteiger partial charge on any atom is 0.0547 e. The lowest BCUT2D eigenvalue weighted by molar-refractivity contribution is 0.707. The Balaban J connectivity index is 1.28. The first-order chi connectivity index (χ1) is 21.2. The third-order valence-electron chi connectivity index (χ3n) is 9.60. The number of nitrogens with zero attached hydrogens (tertiary/aromatic N) is 2. The van der Waals surface area contributed by atoms with Crippen LogP contribution in [-0.2, 0) is 6.42 Å². The number of hydrogen-bond donors (Lipinski definition) is 0. The highest BCUT2D eigenvalue weighted by molar-refractivity contribution is 6.10. The molecule has 0 aliphatic heterocycles. The summed E-state index contributed by atoms with van der Waals surface area (Å²) < 4.78 is 5.02. The standard InChI is InChI=1S/C41H32N2/c1-27-10-2-7-15-37(27)43-39-17-9-6-14-34(39)36-23-20-31(26-41(36)43)30-19-22-35-33-13-5-8-16-38(33)42(40(35)25-30)32-21-18-28-11-3-4-12-29(28)24-32/h2-8,11-16,18-27H,9-10,17H2,1H3/t27-/m1/s1. The summed E-state index contributed by atoms with van der Waals surface area (Å²) in [7, 11) is 0. The Bertz CT molecular complexity index is 2340. The van der Waals surface area contributed by atoms with E-state index in [-0.39, 0.29) is 0 Å². The monoisotopic (exact) mass is 552 g/mol. The first kappa shape index (κ1) is 24.5. The van der Waals surface area contributed by atoms with E-state index in [9.17, 15) is 0 Å². The van der Waals surface area contributed by atoms with E-state index in [1.807, 2.05) is 0 Å². The van der Waals surface area contributed by atoms with Gasteiger partial charge in [0.1, 0.15) is 0 Å². The molecule has 0 saturated heterocycles. The zero-order valence-electron chi connectivity index (χ0n) is 24.3. The van der Waals surface area contributed by atoms with Crippen LogP contribution < -0.4 is 0 Å². The molecule has 0 unspecified atom stereocenters. The molecular weight excluding hydrogens is 520 g/mol. The molecule has 206 valence electrons. The molecule has 2 nitrogen and oxygen atoms in total. The van der Waals surface area contributed by atoms with Gasteiger partial charge in [0.15, 0.2) is 0 Å². The molecule has 9 rings (SSSR count). The molecule has 0 amide bonds. The van der Waals surface area contributed by atoms with Gasteiger partial charge in [0.25, 0.3) is 0 Å². The van der Waals surface area contributed by atoms with Crippen molar-refractivity contribution in [1.82, 2.24) is 9.13 Å². The number of hydrogen-bond acceptors (Lipinski definition) is 0. The summed E-state index contributed by atoms with van der Waals surface area (Å²) in [6.45, 7) is 2.36. The summed E-state index contributed by atoms with van der Waals surface area (Å²) in [4.78, 5) is 0. The quantitative estimate of drug-likeness (QED) is 0.206. The molecule has 2 aromatic heterocycles. The van der Waals surface area contributed by atoms with Crippen LogP contribution >= 0.6 is 0 Å². The smallest absolute Gasteiger partial charge is 0.0547 e. The predicted octanol–water partition coefficient (Wildman–Crippen LogP) is 11.0. The van der Waals surface area contributed by atoms with Crippen molar-refractivity contribution in [2.45, 2.75) is 26.2 Å². The van der Waals surface area contributed by atoms with Crippen molar-refractivity contribution in [3.8, 4) is 16.8 Å². The summed E-state index contributed by atoms with van der Waals surface area (Å²) in [6.07, 6.45) is 14.8. The normalized spacial score (nSPS) is 16.4. The van der Waals surface area contributed by atoms with Crippen LogP contribution in [0.5, 0.6) is 0 Å². The zero-order valence-corrected chi connectivity index (χ0v) is 24.3. The van der Waals surface area contributed by atoms with Crippen LogP contribution in [0.4, 0.5) is 0 Å². The molecule has 1 atom stereocenters. The van der Waals surface area contributed by atoms with Crippen LogP contribution in [0.1, 0.15) is 31.0 Å².